The minimum Gasteiger partial charge on any atom is -0.482 e. The number of carbonyl (C=O) groups excluding carboxylic acids is 2. The lowest BCUT2D eigenvalue weighted by Gasteiger charge is -2.23. The summed E-state index contributed by atoms with van der Waals surface area (Å²) in [6.45, 7) is 4.84. The number of hydrogen-bond donors (Lipinski definition) is 2. The molecule has 12 heteroatoms. The quantitative estimate of drug-likeness (QED) is 0.234. The topological polar surface area (TPSA) is 138 Å². The van der Waals surface area contributed by atoms with Gasteiger partial charge in [0.2, 0.25) is 0 Å². The Kier molecular flexibility index (Phi) is 6.69. The van der Waals surface area contributed by atoms with Gasteiger partial charge in [-0.05, 0) is 89.0 Å². The molecule has 248 valence electrons. The summed E-state index contributed by atoms with van der Waals surface area (Å²) >= 11 is 0. The van der Waals surface area contributed by atoms with Crippen LogP contribution < -0.4 is 15.8 Å². The molecule has 9 rings (SSSR count). The molecule has 2 aliphatic carbocycles. The normalized spacial score (nSPS) is 22.6. The fraction of sp³-hybridized carbons (Fsp3) is 0.472. The summed E-state index contributed by atoms with van der Waals surface area (Å²) in [5.74, 6) is 0.998. The largest absolute Gasteiger partial charge is 0.482 e. The van der Waals surface area contributed by atoms with E-state index in [1.54, 1.807) is 13.3 Å². The van der Waals surface area contributed by atoms with E-state index in [9.17, 15) is 9.59 Å². The first-order valence-electron chi connectivity index (χ1n) is 17.3. The Hall–Kier alpha value is -4.71. The first-order valence-corrected chi connectivity index (χ1v) is 17.3. The smallest absolute Gasteiger partial charge is 0.254 e. The van der Waals surface area contributed by atoms with Gasteiger partial charge in [0, 0.05) is 47.9 Å². The van der Waals surface area contributed by atoms with Crippen molar-refractivity contribution < 1.29 is 14.3 Å². The Morgan fingerprint density at radius 3 is 2.56 bits per heavy atom. The second-order valence-electron chi connectivity index (χ2n) is 14.3. The molecule has 0 unspecified atom stereocenters. The maximum Gasteiger partial charge on any atom is 0.254 e. The molecule has 2 amide bonds. The Labute approximate surface area is 278 Å². The zero-order valence-electron chi connectivity index (χ0n) is 27.6. The van der Waals surface area contributed by atoms with E-state index in [2.05, 4.69) is 27.1 Å². The number of aromatic nitrogens is 6. The average Bonchev–Trinajstić information content (AvgIpc) is 3.89. The van der Waals surface area contributed by atoms with Crippen LogP contribution in [0.2, 0.25) is 0 Å². The zero-order chi connectivity index (χ0) is 32.8. The molecule has 0 spiro atoms. The summed E-state index contributed by atoms with van der Waals surface area (Å²) in [6.07, 6.45) is 10.9. The highest BCUT2D eigenvalue weighted by Gasteiger charge is 2.47. The van der Waals surface area contributed by atoms with E-state index in [1.807, 2.05) is 52.2 Å². The predicted molar refractivity (Wildman–Crippen MR) is 180 cm³/mol. The van der Waals surface area contributed by atoms with E-state index in [-0.39, 0.29) is 36.0 Å². The molecule has 2 saturated carbocycles. The van der Waals surface area contributed by atoms with Crippen LogP contribution in [0.15, 0.2) is 42.7 Å². The standard InChI is InChI=1S/C36H41N9O3/c1-19(39-35(46)24-16-38-43(18-24)25-7-8-25)28-10-6-22-12-30(42(34(22)40-28)17-21-4-5-21)33-20(2)44-31(41-33)13-23(14-32(44)48-3)36(47)45-26-9-11-29(45)27(37)15-26/h6,10,12-14,16,18-19,21,25-27,29H,4-5,7-9,11,15,17,37H2,1-3H3,(H,39,46)/t19-,26+,27-,29-/m1/s1. The van der Waals surface area contributed by atoms with Crippen molar-refractivity contribution in [1.82, 2.24) is 38.9 Å². The van der Waals surface area contributed by atoms with Crippen molar-refractivity contribution in [2.45, 2.75) is 95.5 Å². The van der Waals surface area contributed by atoms with E-state index in [0.717, 1.165) is 72.5 Å². The number of pyridine rings is 2. The number of amides is 2. The lowest BCUT2D eigenvalue weighted by molar-refractivity contribution is 0.0725. The molecule has 0 aromatic carbocycles. The monoisotopic (exact) mass is 647 g/mol. The molecular formula is C36H41N9O3. The Morgan fingerprint density at radius 1 is 1.04 bits per heavy atom. The van der Waals surface area contributed by atoms with Crippen LogP contribution in [0.3, 0.4) is 0 Å². The maximum atomic E-state index is 13.8. The van der Waals surface area contributed by atoms with Crippen molar-refractivity contribution >= 4 is 28.5 Å². The molecule has 2 saturated heterocycles. The zero-order valence-corrected chi connectivity index (χ0v) is 27.6. The lowest BCUT2D eigenvalue weighted by Crippen LogP contribution is -2.40. The number of imidazole rings is 1. The van der Waals surface area contributed by atoms with Gasteiger partial charge in [-0.25, -0.2) is 9.97 Å². The summed E-state index contributed by atoms with van der Waals surface area (Å²) in [7, 11) is 1.63. The molecule has 0 radical (unpaired) electrons. The van der Waals surface area contributed by atoms with Crippen LogP contribution in [0, 0.1) is 12.8 Å². The van der Waals surface area contributed by atoms with Gasteiger partial charge in [0.1, 0.15) is 17.0 Å². The summed E-state index contributed by atoms with van der Waals surface area (Å²) < 4.78 is 12.0. The second-order valence-corrected chi connectivity index (χ2v) is 14.3. The number of aryl methyl sites for hydroxylation is 1. The Morgan fingerprint density at radius 2 is 1.85 bits per heavy atom. The molecule has 7 heterocycles. The third-order valence-corrected chi connectivity index (χ3v) is 10.9. The molecule has 4 atom stereocenters. The van der Waals surface area contributed by atoms with E-state index in [0.29, 0.717) is 34.6 Å². The van der Waals surface area contributed by atoms with Gasteiger partial charge in [0.15, 0.2) is 5.88 Å². The van der Waals surface area contributed by atoms with Crippen LogP contribution in [0.4, 0.5) is 0 Å². The fourth-order valence-electron chi connectivity index (χ4n) is 7.96. The maximum absolute atomic E-state index is 13.8. The number of nitrogens with one attached hydrogen (secondary N) is 1. The van der Waals surface area contributed by atoms with Gasteiger partial charge < -0.3 is 25.3 Å². The highest BCUT2D eigenvalue weighted by Crippen LogP contribution is 2.40. The van der Waals surface area contributed by atoms with Crippen molar-refractivity contribution in [1.29, 1.82) is 0 Å². The SMILES string of the molecule is COc1cc(C(=O)N2[C@H]3CC[C@@H]2[C@H](N)C3)cc2nc(-c3cc4ccc([C@@H](C)NC(=O)c5cnn(C6CC6)c5)nc4n3CC3CC3)c(C)n12. The summed E-state index contributed by atoms with van der Waals surface area (Å²) in [5.41, 5.74) is 12.6. The van der Waals surface area contributed by atoms with Crippen LogP contribution in [0.1, 0.15) is 96.1 Å². The van der Waals surface area contributed by atoms with E-state index in [4.69, 9.17) is 20.4 Å². The molecule has 2 aliphatic heterocycles. The second kappa shape index (κ2) is 10.9. The van der Waals surface area contributed by atoms with E-state index < -0.39 is 0 Å². The number of hydrogen-bond acceptors (Lipinski definition) is 7. The average molecular weight is 648 g/mol. The molecule has 48 heavy (non-hydrogen) atoms. The molecule has 4 aliphatic rings. The number of ether oxygens (including phenoxy) is 1. The van der Waals surface area contributed by atoms with Crippen molar-refractivity contribution in [2.24, 2.45) is 11.7 Å². The molecule has 5 aromatic heterocycles. The van der Waals surface area contributed by atoms with Crippen molar-refractivity contribution in [3.8, 4) is 17.3 Å². The van der Waals surface area contributed by atoms with Gasteiger partial charge in [-0.15, -0.1) is 0 Å². The number of carbonyl (C=O) groups is 2. The minimum absolute atomic E-state index is 0.00372. The fourth-order valence-corrected chi connectivity index (χ4v) is 7.96. The van der Waals surface area contributed by atoms with Gasteiger partial charge in [-0.3, -0.25) is 18.7 Å². The molecule has 5 aromatic rings. The Balaban J connectivity index is 1.07. The van der Waals surface area contributed by atoms with Crippen LogP contribution in [0.5, 0.6) is 5.88 Å². The van der Waals surface area contributed by atoms with Crippen molar-refractivity contribution in [3.05, 3.63) is 65.2 Å². The molecule has 2 bridgehead atoms. The lowest BCUT2D eigenvalue weighted by atomic mass is 9.97. The number of methoxy groups -OCH3 is 1. The van der Waals surface area contributed by atoms with Crippen LogP contribution in [-0.4, -0.2) is 70.7 Å². The van der Waals surface area contributed by atoms with Crippen LogP contribution >= 0.6 is 0 Å². The predicted octanol–water partition coefficient (Wildman–Crippen LogP) is 4.80. The summed E-state index contributed by atoms with van der Waals surface area (Å²) in [6, 6.07) is 10.4. The van der Waals surface area contributed by atoms with Crippen molar-refractivity contribution in [2.75, 3.05) is 7.11 Å². The van der Waals surface area contributed by atoms with Gasteiger partial charge in [-0.2, -0.15) is 5.10 Å². The summed E-state index contributed by atoms with van der Waals surface area (Å²) in [4.78, 5) is 39.2. The van der Waals surface area contributed by atoms with E-state index in [1.165, 1.54) is 12.8 Å². The van der Waals surface area contributed by atoms with Crippen molar-refractivity contribution in [3.63, 3.8) is 0 Å². The highest BCUT2D eigenvalue weighted by molar-refractivity contribution is 5.97. The minimum atomic E-state index is -0.295. The van der Waals surface area contributed by atoms with Gasteiger partial charge in [0.25, 0.3) is 11.8 Å². The number of nitrogens with two attached hydrogens (primary N) is 1. The third kappa shape index (κ3) is 4.79. The third-order valence-electron chi connectivity index (χ3n) is 10.9. The van der Waals surface area contributed by atoms with E-state index >= 15 is 0 Å². The first kappa shape index (κ1) is 29.4. The van der Waals surface area contributed by atoms with Crippen LogP contribution in [-0.2, 0) is 6.54 Å². The van der Waals surface area contributed by atoms with Gasteiger partial charge >= 0.3 is 0 Å². The van der Waals surface area contributed by atoms with Gasteiger partial charge in [0.05, 0.1) is 48.0 Å². The molecule has 4 fully saturated rings. The molecule has 3 N–H and O–H groups in total. The highest BCUT2D eigenvalue weighted by atomic mass is 16.5. The Bertz CT molecular complexity index is 2100. The molecular weight excluding hydrogens is 606 g/mol. The summed E-state index contributed by atoms with van der Waals surface area (Å²) in [5, 5.41) is 8.50. The molecule has 12 nitrogen and oxygen atoms in total. The van der Waals surface area contributed by atoms with Gasteiger partial charge in [-0.1, -0.05) is 0 Å². The number of nitrogens with zero attached hydrogens (tertiary/aromatic N) is 7. The number of rotatable bonds is 9. The number of fused-ring (bicyclic) bond motifs is 4. The first-order chi connectivity index (χ1) is 23.3. The van der Waals surface area contributed by atoms with Crippen LogP contribution in [0.25, 0.3) is 28.1 Å².